The molecule has 0 aliphatic carbocycles. The molecule has 126 valence electrons. The fraction of sp³-hybridized carbons (Fsp3) is 0.300. The normalized spacial score (nSPS) is 11.6. The van der Waals surface area contributed by atoms with Crippen LogP contribution in [0, 0.1) is 0 Å². The fourth-order valence-corrected chi connectivity index (χ4v) is 2.32. The lowest BCUT2D eigenvalue weighted by atomic mass is 10.00. The molecule has 0 radical (unpaired) electrons. The first-order valence-electron chi connectivity index (χ1n) is 8.18. The number of carbonyl (C=O) groups is 2. The number of esters is 1. The van der Waals surface area contributed by atoms with Gasteiger partial charge in [-0.25, -0.2) is 4.79 Å². The number of ether oxygens (including phenoxy) is 1. The monoisotopic (exact) mass is 325 g/mol. The smallest absolute Gasteiger partial charge is 0.338 e. The van der Waals surface area contributed by atoms with E-state index < -0.39 is 5.97 Å². The second-order valence-corrected chi connectivity index (χ2v) is 5.77. The number of benzene rings is 2. The van der Waals surface area contributed by atoms with Crippen molar-refractivity contribution < 1.29 is 14.3 Å². The lowest BCUT2D eigenvalue weighted by Gasteiger charge is -2.12. The van der Waals surface area contributed by atoms with Crippen LogP contribution in [-0.4, -0.2) is 24.5 Å². The van der Waals surface area contributed by atoms with Crippen LogP contribution >= 0.6 is 0 Å². The maximum Gasteiger partial charge on any atom is 0.338 e. The van der Waals surface area contributed by atoms with Gasteiger partial charge in [0.25, 0.3) is 5.91 Å². The molecule has 1 N–H and O–H groups in total. The highest BCUT2D eigenvalue weighted by Gasteiger charge is 2.15. The Bertz CT molecular complexity index is 682. The largest absolute Gasteiger partial charge is 0.452 e. The van der Waals surface area contributed by atoms with E-state index in [0.29, 0.717) is 12.0 Å². The molecule has 0 fully saturated rings. The summed E-state index contributed by atoms with van der Waals surface area (Å²) in [6.07, 6.45) is 1.48. The van der Waals surface area contributed by atoms with Crippen LogP contribution in [0.5, 0.6) is 0 Å². The molecule has 1 amide bonds. The van der Waals surface area contributed by atoms with Crippen LogP contribution in [0.25, 0.3) is 0 Å². The van der Waals surface area contributed by atoms with E-state index in [-0.39, 0.29) is 18.6 Å². The quantitative estimate of drug-likeness (QED) is 0.794. The minimum Gasteiger partial charge on any atom is -0.452 e. The Balaban J connectivity index is 2.01. The summed E-state index contributed by atoms with van der Waals surface area (Å²) in [6.45, 7) is 3.63. The van der Waals surface area contributed by atoms with E-state index >= 15 is 0 Å². The van der Waals surface area contributed by atoms with Gasteiger partial charge in [-0.05, 0) is 37.0 Å². The van der Waals surface area contributed by atoms with Crippen molar-refractivity contribution in [3.63, 3.8) is 0 Å². The zero-order valence-electron chi connectivity index (χ0n) is 14.1. The minimum absolute atomic E-state index is 0.0709. The lowest BCUT2D eigenvalue weighted by molar-refractivity contribution is -0.124. The van der Waals surface area contributed by atoms with Gasteiger partial charge in [0.15, 0.2) is 6.61 Å². The Morgan fingerprint density at radius 2 is 1.71 bits per heavy atom. The summed E-state index contributed by atoms with van der Waals surface area (Å²) in [6, 6.07) is 17.3. The van der Waals surface area contributed by atoms with E-state index in [4.69, 9.17) is 4.74 Å². The Kier molecular flexibility index (Phi) is 6.55. The van der Waals surface area contributed by atoms with E-state index in [1.807, 2.05) is 56.3 Å². The number of amides is 1. The predicted octanol–water partition coefficient (Wildman–Crippen LogP) is 3.35. The van der Waals surface area contributed by atoms with Gasteiger partial charge in [0.2, 0.25) is 0 Å². The van der Waals surface area contributed by atoms with Gasteiger partial charge in [-0.2, -0.15) is 0 Å². The van der Waals surface area contributed by atoms with Crippen molar-refractivity contribution in [1.29, 1.82) is 0 Å². The molecule has 0 unspecified atom stereocenters. The van der Waals surface area contributed by atoms with E-state index in [0.717, 1.165) is 17.5 Å². The standard InChI is InChI=1S/C20H23NO3/c1-3-15(2)21-19(22)14-24-20(23)18-12-8-7-11-17(18)13-16-9-5-4-6-10-16/h4-12,15H,3,13-14H2,1-2H3,(H,21,22)/t15-/m1/s1. The second-order valence-electron chi connectivity index (χ2n) is 5.77. The van der Waals surface area contributed by atoms with Gasteiger partial charge in [-0.15, -0.1) is 0 Å². The van der Waals surface area contributed by atoms with Crippen molar-refractivity contribution in [2.24, 2.45) is 0 Å². The van der Waals surface area contributed by atoms with E-state index in [9.17, 15) is 9.59 Å². The zero-order valence-corrected chi connectivity index (χ0v) is 14.1. The summed E-state index contributed by atoms with van der Waals surface area (Å²) in [5.41, 5.74) is 2.50. The van der Waals surface area contributed by atoms with Crippen molar-refractivity contribution in [3.05, 3.63) is 71.3 Å². The molecule has 4 heteroatoms. The van der Waals surface area contributed by atoms with Crippen LogP contribution in [0.3, 0.4) is 0 Å². The lowest BCUT2D eigenvalue weighted by Crippen LogP contribution is -2.35. The molecule has 0 bridgehead atoms. The maximum atomic E-state index is 12.3. The minimum atomic E-state index is -0.471. The van der Waals surface area contributed by atoms with Crippen LogP contribution in [-0.2, 0) is 16.0 Å². The van der Waals surface area contributed by atoms with Crippen molar-refractivity contribution in [1.82, 2.24) is 5.32 Å². The SMILES string of the molecule is CC[C@@H](C)NC(=O)COC(=O)c1ccccc1Cc1ccccc1. The summed E-state index contributed by atoms with van der Waals surface area (Å²) in [7, 11) is 0. The third-order valence-corrected chi connectivity index (χ3v) is 3.83. The van der Waals surface area contributed by atoms with Crippen LogP contribution in [0.1, 0.15) is 41.8 Å². The van der Waals surface area contributed by atoms with E-state index in [2.05, 4.69) is 5.32 Å². The summed E-state index contributed by atoms with van der Waals surface area (Å²) in [5, 5.41) is 2.77. The number of hydrogen-bond acceptors (Lipinski definition) is 3. The van der Waals surface area contributed by atoms with Gasteiger partial charge in [0.1, 0.15) is 0 Å². The van der Waals surface area contributed by atoms with Gasteiger partial charge >= 0.3 is 5.97 Å². The third-order valence-electron chi connectivity index (χ3n) is 3.83. The van der Waals surface area contributed by atoms with Gasteiger partial charge in [-0.3, -0.25) is 4.79 Å². The molecule has 2 aromatic carbocycles. The first kappa shape index (κ1) is 17.7. The zero-order chi connectivity index (χ0) is 17.4. The molecule has 0 heterocycles. The Morgan fingerprint density at radius 1 is 1.04 bits per heavy atom. The molecule has 0 aromatic heterocycles. The fourth-order valence-electron chi connectivity index (χ4n) is 2.32. The Hall–Kier alpha value is -2.62. The Labute approximate surface area is 142 Å². The number of nitrogens with one attached hydrogen (secondary N) is 1. The summed E-state index contributed by atoms with van der Waals surface area (Å²) >= 11 is 0. The van der Waals surface area contributed by atoms with Gasteiger partial charge in [0, 0.05) is 6.04 Å². The van der Waals surface area contributed by atoms with Crippen LogP contribution in [0.2, 0.25) is 0 Å². The predicted molar refractivity (Wildman–Crippen MR) is 93.9 cm³/mol. The highest BCUT2D eigenvalue weighted by Crippen LogP contribution is 2.15. The van der Waals surface area contributed by atoms with Crippen molar-refractivity contribution in [3.8, 4) is 0 Å². The first-order chi connectivity index (χ1) is 11.6. The molecular formula is C20H23NO3. The van der Waals surface area contributed by atoms with Crippen LogP contribution < -0.4 is 5.32 Å². The summed E-state index contributed by atoms with van der Waals surface area (Å²) in [4.78, 5) is 24.0. The van der Waals surface area contributed by atoms with Gasteiger partial charge < -0.3 is 10.1 Å². The van der Waals surface area contributed by atoms with Crippen molar-refractivity contribution in [2.45, 2.75) is 32.7 Å². The van der Waals surface area contributed by atoms with E-state index in [1.165, 1.54) is 0 Å². The van der Waals surface area contributed by atoms with Gasteiger partial charge in [-0.1, -0.05) is 55.5 Å². The molecule has 0 aliphatic rings. The molecule has 0 saturated carbocycles. The van der Waals surface area contributed by atoms with Crippen LogP contribution in [0.15, 0.2) is 54.6 Å². The summed E-state index contributed by atoms with van der Waals surface area (Å²) < 4.78 is 5.16. The average molecular weight is 325 g/mol. The second kappa shape index (κ2) is 8.87. The van der Waals surface area contributed by atoms with Gasteiger partial charge in [0.05, 0.1) is 5.56 Å². The van der Waals surface area contributed by atoms with Crippen LogP contribution in [0.4, 0.5) is 0 Å². The number of hydrogen-bond donors (Lipinski definition) is 1. The highest BCUT2D eigenvalue weighted by molar-refractivity contribution is 5.92. The molecule has 2 rings (SSSR count). The van der Waals surface area contributed by atoms with Crippen molar-refractivity contribution >= 4 is 11.9 Å². The van der Waals surface area contributed by atoms with Crippen molar-refractivity contribution in [2.75, 3.05) is 6.61 Å². The molecule has 4 nitrogen and oxygen atoms in total. The molecule has 2 aromatic rings. The highest BCUT2D eigenvalue weighted by atomic mass is 16.5. The first-order valence-corrected chi connectivity index (χ1v) is 8.18. The molecular weight excluding hydrogens is 302 g/mol. The molecule has 0 saturated heterocycles. The average Bonchev–Trinajstić information content (AvgIpc) is 2.61. The van der Waals surface area contributed by atoms with E-state index in [1.54, 1.807) is 12.1 Å². The third kappa shape index (κ3) is 5.23. The summed E-state index contributed by atoms with van der Waals surface area (Å²) in [5.74, 6) is -0.751. The molecule has 24 heavy (non-hydrogen) atoms. The Morgan fingerprint density at radius 3 is 2.42 bits per heavy atom. The number of carbonyl (C=O) groups excluding carboxylic acids is 2. The molecule has 1 atom stereocenters. The number of rotatable bonds is 7. The topological polar surface area (TPSA) is 55.4 Å². The molecule has 0 aliphatic heterocycles. The maximum absolute atomic E-state index is 12.3. The molecule has 0 spiro atoms.